The number of hydrogen-bond acceptors (Lipinski definition) is 3. The van der Waals surface area contributed by atoms with Crippen LogP contribution in [0.1, 0.15) is 27.2 Å². The fourth-order valence-electron chi connectivity index (χ4n) is 0.734. The topological polar surface area (TPSA) is 66.4 Å². The lowest BCUT2D eigenvalue weighted by Crippen LogP contribution is -2.37. The van der Waals surface area contributed by atoms with Gasteiger partial charge in [0.25, 0.3) is 0 Å². The summed E-state index contributed by atoms with van der Waals surface area (Å²) in [5.41, 5.74) is 0. The summed E-state index contributed by atoms with van der Waals surface area (Å²) in [6, 6.07) is 0.148. The minimum absolute atomic E-state index is 0.0326. The first-order valence-electron chi connectivity index (χ1n) is 4.61. The predicted molar refractivity (Wildman–Crippen MR) is 57.5 cm³/mol. The summed E-state index contributed by atoms with van der Waals surface area (Å²) in [7, 11) is 0. The van der Waals surface area contributed by atoms with Gasteiger partial charge < -0.3 is 10.4 Å². The van der Waals surface area contributed by atoms with E-state index >= 15 is 0 Å². The van der Waals surface area contributed by atoms with Gasteiger partial charge in [-0.2, -0.15) is 0 Å². The Morgan fingerprint density at radius 3 is 2.43 bits per heavy atom. The highest BCUT2D eigenvalue weighted by atomic mass is 32.2. The van der Waals surface area contributed by atoms with Gasteiger partial charge >= 0.3 is 5.97 Å². The van der Waals surface area contributed by atoms with Crippen LogP contribution in [-0.2, 0) is 9.59 Å². The van der Waals surface area contributed by atoms with Gasteiger partial charge in [-0.05, 0) is 20.3 Å². The number of carbonyl (C=O) groups is 2. The molecule has 0 radical (unpaired) electrons. The Morgan fingerprint density at radius 1 is 1.43 bits per heavy atom. The largest absolute Gasteiger partial charge is 0.481 e. The van der Waals surface area contributed by atoms with Crippen molar-refractivity contribution in [2.24, 2.45) is 0 Å². The van der Waals surface area contributed by atoms with Crippen molar-refractivity contribution in [3.63, 3.8) is 0 Å². The summed E-state index contributed by atoms with van der Waals surface area (Å²) < 4.78 is 0. The van der Waals surface area contributed by atoms with Gasteiger partial charge in [0, 0.05) is 6.04 Å². The molecule has 0 bridgehead atoms. The van der Waals surface area contributed by atoms with E-state index in [1.165, 1.54) is 0 Å². The standard InChI is InChI=1S/C9H17NO3S/c1-4-6(2)10-9(13)7(3)14-5-8(11)12/h6-7H,4-5H2,1-3H3,(H,10,13)(H,11,12). The van der Waals surface area contributed by atoms with Crippen LogP contribution in [0.5, 0.6) is 0 Å². The molecule has 5 heteroatoms. The molecule has 0 aliphatic rings. The van der Waals surface area contributed by atoms with Gasteiger partial charge in [0.15, 0.2) is 0 Å². The summed E-state index contributed by atoms with van der Waals surface area (Å²) in [4.78, 5) is 21.7. The molecule has 2 atom stereocenters. The fraction of sp³-hybridized carbons (Fsp3) is 0.778. The van der Waals surface area contributed by atoms with E-state index in [2.05, 4.69) is 5.32 Å². The Morgan fingerprint density at radius 2 is 2.00 bits per heavy atom. The molecule has 0 aromatic rings. The fourth-order valence-corrected chi connectivity index (χ4v) is 1.35. The summed E-state index contributed by atoms with van der Waals surface area (Å²) in [5.74, 6) is -1.02. The molecule has 0 saturated carbocycles. The van der Waals surface area contributed by atoms with Crippen molar-refractivity contribution >= 4 is 23.6 Å². The third kappa shape index (κ3) is 5.85. The average molecular weight is 219 g/mol. The molecule has 0 saturated heterocycles. The SMILES string of the molecule is CCC(C)NC(=O)C(C)SCC(=O)O. The lowest BCUT2D eigenvalue weighted by Gasteiger charge is -2.15. The molecule has 0 heterocycles. The maximum Gasteiger partial charge on any atom is 0.313 e. The lowest BCUT2D eigenvalue weighted by atomic mass is 10.2. The monoisotopic (exact) mass is 219 g/mol. The van der Waals surface area contributed by atoms with Crippen molar-refractivity contribution in [1.29, 1.82) is 0 Å². The molecule has 2 N–H and O–H groups in total. The van der Waals surface area contributed by atoms with Gasteiger partial charge in [-0.15, -0.1) is 11.8 Å². The zero-order valence-electron chi connectivity index (χ0n) is 8.74. The highest BCUT2D eigenvalue weighted by Gasteiger charge is 2.15. The van der Waals surface area contributed by atoms with E-state index in [1.54, 1.807) is 6.92 Å². The lowest BCUT2D eigenvalue weighted by molar-refractivity contribution is -0.133. The molecule has 0 fully saturated rings. The smallest absolute Gasteiger partial charge is 0.313 e. The second kappa shape index (κ2) is 6.70. The molecule has 2 unspecified atom stereocenters. The number of hydrogen-bond donors (Lipinski definition) is 2. The normalized spacial score (nSPS) is 14.5. The van der Waals surface area contributed by atoms with E-state index in [1.807, 2.05) is 13.8 Å². The second-order valence-electron chi connectivity index (χ2n) is 3.16. The van der Waals surface area contributed by atoms with Crippen molar-refractivity contribution < 1.29 is 14.7 Å². The molecule has 0 aliphatic heterocycles. The molecule has 82 valence electrons. The minimum Gasteiger partial charge on any atom is -0.481 e. The van der Waals surface area contributed by atoms with Crippen molar-refractivity contribution in [2.75, 3.05) is 5.75 Å². The summed E-state index contributed by atoms with van der Waals surface area (Å²) in [5, 5.41) is 10.9. The van der Waals surface area contributed by atoms with Crippen LogP contribution in [0.25, 0.3) is 0 Å². The molecule has 4 nitrogen and oxygen atoms in total. The van der Waals surface area contributed by atoms with Gasteiger partial charge in [-0.25, -0.2) is 0 Å². The Kier molecular flexibility index (Phi) is 6.36. The zero-order valence-corrected chi connectivity index (χ0v) is 9.56. The quantitative estimate of drug-likeness (QED) is 0.702. The number of rotatable bonds is 6. The Bertz CT molecular complexity index is 208. The number of carbonyl (C=O) groups excluding carboxylic acids is 1. The van der Waals surface area contributed by atoms with Crippen molar-refractivity contribution in [3.8, 4) is 0 Å². The maximum absolute atomic E-state index is 11.4. The first-order chi connectivity index (χ1) is 6.47. The van der Waals surface area contributed by atoms with E-state index in [0.29, 0.717) is 0 Å². The highest BCUT2D eigenvalue weighted by Crippen LogP contribution is 2.10. The Hall–Kier alpha value is -0.710. The highest BCUT2D eigenvalue weighted by molar-refractivity contribution is 8.01. The number of amides is 1. The first-order valence-corrected chi connectivity index (χ1v) is 5.66. The van der Waals surface area contributed by atoms with Crippen molar-refractivity contribution in [3.05, 3.63) is 0 Å². The molecule has 0 aliphatic carbocycles. The average Bonchev–Trinajstić information content (AvgIpc) is 2.13. The van der Waals surface area contributed by atoms with E-state index < -0.39 is 5.97 Å². The van der Waals surface area contributed by atoms with E-state index in [9.17, 15) is 9.59 Å². The Labute approximate surface area is 88.4 Å². The number of aliphatic carboxylic acids is 1. The van der Waals surface area contributed by atoms with E-state index in [0.717, 1.165) is 18.2 Å². The van der Waals surface area contributed by atoms with Crippen LogP contribution >= 0.6 is 11.8 Å². The van der Waals surface area contributed by atoms with Crippen LogP contribution in [0, 0.1) is 0 Å². The second-order valence-corrected chi connectivity index (χ2v) is 4.49. The van der Waals surface area contributed by atoms with Gasteiger partial charge in [0.05, 0.1) is 11.0 Å². The molecule has 0 rings (SSSR count). The predicted octanol–water partition coefficient (Wildman–Crippen LogP) is 1.11. The van der Waals surface area contributed by atoms with Crippen LogP contribution in [0.3, 0.4) is 0 Å². The Balaban J connectivity index is 3.81. The first kappa shape index (κ1) is 13.3. The van der Waals surface area contributed by atoms with Crippen LogP contribution in [0.4, 0.5) is 0 Å². The number of thioether (sulfide) groups is 1. The minimum atomic E-state index is -0.891. The van der Waals surface area contributed by atoms with Crippen molar-refractivity contribution in [1.82, 2.24) is 5.32 Å². The summed E-state index contributed by atoms with van der Waals surface area (Å²) in [6.07, 6.45) is 0.877. The maximum atomic E-state index is 11.4. The molecular formula is C9H17NO3S. The van der Waals surface area contributed by atoms with Gasteiger partial charge in [0.1, 0.15) is 0 Å². The number of carboxylic acids is 1. The molecular weight excluding hydrogens is 202 g/mol. The zero-order chi connectivity index (χ0) is 11.1. The third-order valence-corrected chi connectivity index (χ3v) is 2.95. The van der Waals surface area contributed by atoms with Gasteiger partial charge in [-0.1, -0.05) is 6.92 Å². The van der Waals surface area contributed by atoms with Gasteiger partial charge in [-0.3, -0.25) is 9.59 Å². The molecule has 1 amide bonds. The summed E-state index contributed by atoms with van der Waals surface area (Å²) >= 11 is 1.13. The van der Waals surface area contributed by atoms with Crippen LogP contribution in [0.2, 0.25) is 0 Å². The van der Waals surface area contributed by atoms with Gasteiger partial charge in [0.2, 0.25) is 5.91 Å². The van der Waals surface area contributed by atoms with Crippen LogP contribution < -0.4 is 5.32 Å². The molecule has 14 heavy (non-hydrogen) atoms. The number of nitrogens with one attached hydrogen (secondary N) is 1. The van der Waals surface area contributed by atoms with Crippen LogP contribution in [-0.4, -0.2) is 34.0 Å². The van der Waals surface area contributed by atoms with E-state index in [4.69, 9.17) is 5.11 Å². The third-order valence-electron chi connectivity index (χ3n) is 1.83. The van der Waals surface area contributed by atoms with Crippen LogP contribution in [0.15, 0.2) is 0 Å². The summed E-state index contributed by atoms with van der Waals surface area (Å²) in [6.45, 7) is 5.62. The molecule has 0 spiro atoms. The van der Waals surface area contributed by atoms with Crippen molar-refractivity contribution in [2.45, 2.75) is 38.5 Å². The molecule has 0 aromatic carbocycles. The molecule has 0 aromatic heterocycles. The number of carboxylic acid groups (broad SMARTS) is 1. The van der Waals surface area contributed by atoms with E-state index in [-0.39, 0.29) is 23.0 Å².